The third-order valence-corrected chi connectivity index (χ3v) is 5.19. The molecule has 2 rings (SSSR count). The van der Waals surface area contributed by atoms with Gasteiger partial charge in [0, 0.05) is 13.1 Å². The SMILES string of the molecule is O=S(=O)(c1ccc(OCCCl)cc1)N1CCCCC1. The van der Waals surface area contributed by atoms with Crippen molar-refractivity contribution in [3.63, 3.8) is 0 Å². The van der Waals surface area contributed by atoms with Crippen LogP contribution in [0, 0.1) is 0 Å². The van der Waals surface area contributed by atoms with Gasteiger partial charge in [0.25, 0.3) is 0 Å². The summed E-state index contributed by atoms with van der Waals surface area (Å²) in [5.41, 5.74) is 0. The molecule has 106 valence electrons. The van der Waals surface area contributed by atoms with E-state index < -0.39 is 10.0 Å². The fourth-order valence-corrected chi connectivity index (χ4v) is 3.71. The quantitative estimate of drug-likeness (QED) is 0.785. The molecule has 0 N–H and O–H groups in total. The van der Waals surface area contributed by atoms with Crippen LogP contribution in [0.25, 0.3) is 0 Å². The molecule has 0 atom stereocenters. The molecule has 0 aromatic heterocycles. The second-order valence-corrected chi connectivity index (χ2v) is 6.79. The van der Waals surface area contributed by atoms with Gasteiger partial charge in [-0.25, -0.2) is 8.42 Å². The van der Waals surface area contributed by atoms with Crippen molar-refractivity contribution >= 4 is 21.6 Å². The molecule has 0 saturated carbocycles. The molecule has 0 radical (unpaired) electrons. The van der Waals surface area contributed by atoms with E-state index in [0.717, 1.165) is 19.3 Å². The van der Waals surface area contributed by atoms with Crippen LogP contribution in [0.5, 0.6) is 5.75 Å². The predicted octanol–water partition coefficient (Wildman–Crippen LogP) is 2.48. The van der Waals surface area contributed by atoms with E-state index in [-0.39, 0.29) is 0 Å². The Kier molecular flexibility index (Phi) is 5.07. The Labute approximate surface area is 119 Å². The number of benzene rings is 1. The van der Waals surface area contributed by atoms with Crippen LogP contribution >= 0.6 is 11.6 Å². The van der Waals surface area contributed by atoms with Crippen LogP contribution in [0.1, 0.15) is 19.3 Å². The van der Waals surface area contributed by atoms with Crippen LogP contribution in [0.3, 0.4) is 0 Å². The minimum Gasteiger partial charge on any atom is -0.492 e. The molecule has 0 spiro atoms. The van der Waals surface area contributed by atoms with E-state index in [1.807, 2.05) is 0 Å². The molecule has 1 aliphatic rings. The Bertz CT molecular complexity index is 495. The number of nitrogens with zero attached hydrogens (tertiary/aromatic N) is 1. The Morgan fingerprint density at radius 1 is 1.11 bits per heavy atom. The van der Waals surface area contributed by atoms with Gasteiger partial charge >= 0.3 is 0 Å². The first-order valence-corrected chi connectivity index (χ1v) is 8.41. The summed E-state index contributed by atoms with van der Waals surface area (Å²) >= 11 is 5.53. The van der Waals surface area contributed by atoms with Crippen LogP contribution < -0.4 is 4.74 Å². The molecular weight excluding hydrogens is 286 g/mol. The molecule has 1 saturated heterocycles. The number of sulfonamides is 1. The lowest BCUT2D eigenvalue weighted by molar-refractivity contribution is 0.341. The van der Waals surface area contributed by atoms with Crippen molar-refractivity contribution in [3.8, 4) is 5.75 Å². The van der Waals surface area contributed by atoms with Crippen LogP contribution in [-0.2, 0) is 10.0 Å². The maximum absolute atomic E-state index is 12.4. The zero-order valence-electron chi connectivity index (χ0n) is 10.7. The number of rotatable bonds is 5. The zero-order chi connectivity index (χ0) is 13.7. The van der Waals surface area contributed by atoms with E-state index >= 15 is 0 Å². The Morgan fingerprint density at radius 3 is 2.32 bits per heavy atom. The summed E-state index contributed by atoms with van der Waals surface area (Å²) in [6.07, 6.45) is 2.99. The molecule has 1 aliphatic heterocycles. The van der Waals surface area contributed by atoms with Gasteiger partial charge in [-0.3, -0.25) is 0 Å². The van der Waals surface area contributed by atoms with E-state index in [1.54, 1.807) is 28.6 Å². The summed E-state index contributed by atoms with van der Waals surface area (Å²) in [6.45, 7) is 1.65. The van der Waals surface area contributed by atoms with Gasteiger partial charge in [-0.1, -0.05) is 6.42 Å². The second-order valence-electron chi connectivity index (χ2n) is 4.47. The molecule has 0 amide bonds. The molecular formula is C13H18ClNO3S. The molecule has 0 aliphatic carbocycles. The summed E-state index contributed by atoms with van der Waals surface area (Å²) in [5.74, 6) is 1.05. The average molecular weight is 304 g/mol. The molecule has 1 aromatic carbocycles. The summed E-state index contributed by atoms with van der Waals surface area (Å²) in [7, 11) is -3.35. The summed E-state index contributed by atoms with van der Waals surface area (Å²) in [4.78, 5) is 0.327. The molecule has 6 heteroatoms. The van der Waals surface area contributed by atoms with Gasteiger partial charge in [-0.2, -0.15) is 4.31 Å². The first-order chi connectivity index (χ1) is 9.14. The lowest BCUT2D eigenvalue weighted by atomic mass is 10.2. The number of ether oxygens (including phenoxy) is 1. The predicted molar refractivity (Wildman–Crippen MR) is 75.3 cm³/mol. The molecule has 0 bridgehead atoms. The molecule has 1 heterocycles. The summed E-state index contributed by atoms with van der Waals surface area (Å²) in [6, 6.07) is 6.52. The fourth-order valence-electron chi connectivity index (χ4n) is 2.12. The van der Waals surface area contributed by atoms with Crippen molar-refractivity contribution < 1.29 is 13.2 Å². The van der Waals surface area contributed by atoms with Crippen LogP contribution in [0.4, 0.5) is 0 Å². The molecule has 19 heavy (non-hydrogen) atoms. The second kappa shape index (κ2) is 6.59. The smallest absolute Gasteiger partial charge is 0.243 e. The van der Waals surface area contributed by atoms with Crippen molar-refractivity contribution in [3.05, 3.63) is 24.3 Å². The van der Waals surface area contributed by atoms with Crippen LogP contribution in [-0.4, -0.2) is 38.3 Å². The number of piperidine rings is 1. The zero-order valence-corrected chi connectivity index (χ0v) is 12.3. The minimum absolute atomic E-state index is 0.327. The highest BCUT2D eigenvalue weighted by molar-refractivity contribution is 7.89. The van der Waals surface area contributed by atoms with Gasteiger partial charge in [0.2, 0.25) is 10.0 Å². The molecule has 1 fully saturated rings. The van der Waals surface area contributed by atoms with Crippen molar-refractivity contribution in [1.82, 2.24) is 4.31 Å². The standard InChI is InChI=1S/C13H18ClNO3S/c14-8-11-18-12-4-6-13(7-5-12)19(16,17)15-9-2-1-3-10-15/h4-7H,1-3,8-11H2. The fraction of sp³-hybridized carbons (Fsp3) is 0.538. The number of alkyl halides is 1. The monoisotopic (exact) mass is 303 g/mol. The van der Waals surface area contributed by atoms with Crippen molar-refractivity contribution in [2.24, 2.45) is 0 Å². The third-order valence-electron chi connectivity index (χ3n) is 3.12. The molecule has 4 nitrogen and oxygen atoms in total. The molecule has 1 aromatic rings. The van der Waals surface area contributed by atoms with E-state index in [1.165, 1.54) is 0 Å². The lowest BCUT2D eigenvalue weighted by Crippen LogP contribution is -2.35. The Hall–Kier alpha value is -0.780. The highest BCUT2D eigenvalue weighted by Gasteiger charge is 2.25. The van der Waals surface area contributed by atoms with Crippen molar-refractivity contribution in [2.45, 2.75) is 24.2 Å². The summed E-state index contributed by atoms with van der Waals surface area (Å²) in [5, 5.41) is 0. The number of hydrogen-bond donors (Lipinski definition) is 0. The van der Waals surface area contributed by atoms with Crippen molar-refractivity contribution in [1.29, 1.82) is 0 Å². The highest BCUT2D eigenvalue weighted by atomic mass is 35.5. The number of hydrogen-bond acceptors (Lipinski definition) is 3. The van der Waals surface area contributed by atoms with Crippen LogP contribution in [0.2, 0.25) is 0 Å². The van der Waals surface area contributed by atoms with E-state index in [2.05, 4.69) is 0 Å². The van der Waals surface area contributed by atoms with Crippen LogP contribution in [0.15, 0.2) is 29.2 Å². The Balaban J connectivity index is 2.11. The van der Waals surface area contributed by atoms with Crippen molar-refractivity contribution in [2.75, 3.05) is 25.6 Å². The third kappa shape index (κ3) is 3.61. The average Bonchev–Trinajstić information content (AvgIpc) is 2.46. The normalized spacial score (nSPS) is 17.3. The first kappa shape index (κ1) is 14.6. The van der Waals surface area contributed by atoms with Gasteiger partial charge in [0.05, 0.1) is 10.8 Å². The largest absolute Gasteiger partial charge is 0.492 e. The summed E-state index contributed by atoms with van der Waals surface area (Å²) < 4.78 is 31.6. The first-order valence-electron chi connectivity index (χ1n) is 6.43. The topological polar surface area (TPSA) is 46.6 Å². The molecule has 0 unspecified atom stereocenters. The van der Waals surface area contributed by atoms with E-state index in [0.29, 0.717) is 36.2 Å². The van der Waals surface area contributed by atoms with Gasteiger partial charge in [0.1, 0.15) is 12.4 Å². The van der Waals surface area contributed by atoms with Gasteiger partial charge < -0.3 is 4.74 Å². The van der Waals surface area contributed by atoms with Gasteiger partial charge in [0.15, 0.2) is 0 Å². The number of halogens is 1. The van der Waals surface area contributed by atoms with Gasteiger partial charge in [-0.15, -0.1) is 11.6 Å². The van der Waals surface area contributed by atoms with E-state index in [4.69, 9.17) is 16.3 Å². The minimum atomic E-state index is -3.35. The Morgan fingerprint density at radius 2 is 1.74 bits per heavy atom. The maximum atomic E-state index is 12.4. The maximum Gasteiger partial charge on any atom is 0.243 e. The van der Waals surface area contributed by atoms with E-state index in [9.17, 15) is 8.42 Å². The highest BCUT2D eigenvalue weighted by Crippen LogP contribution is 2.22. The lowest BCUT2D eigenvalue weighted by Gasteiger charge is -2.25. The van der Waals surface area contributed by atoms with Gasteiger partial charge in [-0.05, 0) is 37.1 Å².